The van der Waals surface area contributed by atoms with Gasteiger partial charge in [-0.15, -0.1) is 0 Å². The summed E-state index contributed by atoms with van der Waals surface area (Å²) in [7, 11) is -1.16. The van der Waals surface area contributed by atoms with Crippen molar-refractivity contribution < 1.29 is 19.3 Å². The highest BCUT2D eigenvalue weighted by atomic mass is 28.3. The maximum absolute atomic E-state index is 10.1. The number of rotatable bonds is 10. The number of pyridine rings is 1. The van der Waals surface area contributed by atoms with Gasteiger partial charge in [0.1, 0.15) is 30.6 Å². The number of anilines is 1. The SMILES string of the molecule is CC(C)(O)COc1ccc2c(c1)c(-c1ccnc(N3CCOCC3)c1)nn2COCC[Si](C)(C)C. The van der Waals surface area contributed by atoms with Crippen molar-refractivity contribution >= 4 is 24.8 Å². The molecule has 0 saturated carbocycles. The molecule has 4 rings (SSSR count). The summed E-state index contributed by atoms with van der Waals surface area (Å²) in [6.07, 6.45) is 1.84. The van der Waals surface area contributed by atoms with Gasteiger partial charge in [0.2, 0.25) is 0 Å². The van der Waals surface area contributed by atoms with Crippen molar-refractivity contribution in [2.45, 2.75) is 51.9 Å². The molecule has 1 saturated heterocycles. The average Bonchev–Trinajstić information content (AvgIpc) is 3.18. The molecule has 0 radical (unpaired) electrons. The van der Waals surface area contributed by atoms with Crippen molar-refractivity contribution in [2.24, 2.45) is 0 Å². The molecular formula is C26H38N4O4Si. The fourth-order valence-electron chi connectivity index (χ4n) is 3.88. The molecular weight excluding hydrogens is 460 g/mol. The fourth-order valence-corrected chi connectivity index (χ4v) is 4.64. The summed E-state index contributed by atoms with van der Waals surface area (Å²) in [6.45, 7) is 14.9. The molecule has 3 heterocycles. The highest BCUT2D eigenvalue weighted by molar-refractivity contribution is 6.76. The van der Waals surface area contributed by atoms with E-state index in [0.29, 0.717) is 25.7 Å². The number of hydrogen-bond donors (Lipinski definition) is 1. The van der Waals surface area contributed by atoms with Crippen molar-refractivity contribution in [1.82, 2.24) is 14.8 Å². The largest absolute Gasteiger partial charge is 0.491 e. The van der Waals surface area contributed by atoms with Crippen LogP contribution in [0.1, 0.15) is 13.8 Å². The average molecular weight is 499 g/mol. The molecule has 0 spiro atoms. The third kappa shape index (κ3) is 7.04. The zero-order valence-corrected chi connectivity index (χ0v) is 22.6. The zero-order valence-electron chi connectivity index (χ0n) is 21.6. The first-order valence-corrected chi connectivity index (χ1v) is 16.0. The monoisotopic (exact) mass is 498 g/mol. The molecule has 1 fully saturated rings. The summed E-state index contributed by atoms with van der Waals surface area (Å²) in [5.74, 6) is 1.62. The Kier molecular flexibility index (Phi) is 7.80. The van der Waals surface area contributed by atoms with Crippen LogP contribution >= 0.6 is 0 Å². The number of fused-ring (bicyclic) bond motifs is 1. The molecule has 3 aromatic rings. The van der Waals surface area contributed by atoms with Crippen molar-refractivity contribution in [3.05, 3.63) is 36.5 Å². The second kappa shape index (κ2) is 10.7. The topological polar surface area (TPSA) is 81.9 Å². The number of hydrogen-bond acceptors (Lipinski definition) is 7. The van der Waals surface area contributed by atoms with Crippen LogP contribution in [0.5, 0.6) is 5.75 Å². The summed E-state index contributed by atoms with van der Waals surface area (Å²) >= 11 is 0. The van der Waals surface area contributed by atoms with Crippen LogP contribution in [0.15, 0.2) is 36.5 Å². The molecule has 0 unspecified atom stereocenters. The fraction of sp³-hybridized carbons (Fsp3) is 0.538. The lowest BCUT2D eigenvalue weighted by Gasteiger charge is -2.27. The van der Waals surface area contributed by atoms with E-state index in [1.165, 1.54) is 0 Å². The lowest BCUT2D eigenvalue weighted by atomic mass is 10.1. The van der Waals surface area contributed by atoms with Gasteiger partial charge in [0.15, 0.2) is 0 Å². The van der Waals surface area contributed by atoms with Gasteiger partial charge in [0.25, 0.3) is 0 Å². The number of aromatic nitrogens is 3. The van der Waals surface area contributed by atoms with Crippen LogP contribution in [-0.4, -0.2) is 73.1 Å². The van der Waals surface area contributed by atoms with Gasteiger partial charge in [0.05, 0.1) is 24.3 Å². The summed E-state index contributed by atoms with van der Waals surface area (Å²) in [5.41, 5.74) is 1.92. The Hall–Kier alpha value is -2.46. The van der Waals surface area contributed by atoms with Gasteiger partial charge in [0, 0.05) is 44.9 Å². The lowest BCUT2D eigenvalue weighted by Crippen LogP contribution is -2.36. The van der Waals surface area contributed by atoms with E-state index in [1.807, 2.05) is 35.1 Å². The standard InChI is InChI=1S/C26H38N4O4Si/c1-26(2,31)18-34-21-6-7-23-22(17-21)25(28-30(23)19-33-14-15-35(3,4)5)20-8-9-27-24(16-20)29-10-12-32-13-11-29/h6-9,16-17,31H,10-15,18-19H2,1-5H3. The predicted octanol–water partition coefficient (Wildman–Crippen LogP) is 4.40. The Balaban J connectivity index is 1.66. The molecule has 1 aliphatic rings. The van der Waals surface area contributed by atoms with Crippen LogP contribution in [0.4, 0.5) is 5.82 Å². The quantitative estimate of drug-likeness (QED) is 0.328. The molecule has 0 atom stereocenters. The summed E-state index contributed by atoms with van der Waals surface area (Å²) in [4.78, 5) is 6.84. The van der Waals surface area contributed by atoms with Crippen molar-refractivity contribution in [3.63, 3.8) is 0 Å². The number of nitrogens with zero attached hydrogens (tertiary/aromatic N) is 4. The number of aliphatic hydroxyl groups is 1. The summed E-state index contributed by atoms with van der Waals surface area (Å²) in [6, 6.07) is 11.1. The summed E-state index contributed by atoms with van der Waals surface area (Å²) < 4.78 is 19.3. The molecule has 1 aromatic carbocycles. The first kappa shape index (κ1) is 25.6. The first-order valence-electron chi connectivity index (χ1n) is 12.3. The number of benzene rings is 1. The van der Waals surface area contributed by atoms with E-state index in [4.69, 9.17) is 19.3 Å². The molecule has 8 nitrogen and oxygen atoms in total. The van der Waals surface area contributed by atoms with E-state index in [-0.39, 0.29) is 6.61 Å². The van der Waals surface area contributed by atoms with Crippen LogP contribution in [-0.2, 0) is 16.2 Å². The Morgan fingerprint density at radius 2 is 1.89 bits per heavy atom. The molecule has 0 bridgehead atoms. The van der Waals surface area contributed by atoms with E-state index in [0.717, 1.165) is 53.7 Å². The van der Waals surface area contributed by atoms with Crippen LogP contribution < -0.4 is 9.64 Å². The smallest absolute Gasteiger partial charge is 0.140 e. The third-order valence-electron chi connectivity index (χ3n) is 5.88. The lowest BCUT2D eigenvalue weighted by molar-refractivity contribution is 0.0285. The molecule has 2 aromatic heterocycles. The van der Waals surface area contributed by atoms with Crippen LogP contribution in [0.2, 0.25) is 25.7 Å². The normalized spacial score (nSPS) is 15.1. The third-order valence-corrected chi connectivity index (χ3v) is 7.58. The van der Waals surface area contributed by atoms with Crippen molar-refractivity contribution in [1.29, 1.82) is 0 Å². The molecule has 0 amide bonds. The van der Waals surface area contributed by atoms with E-state index >= 15 is 0 Å². The highest BCUT2D eigenvalue weighted by Gasteiger charge is 2.19. The molecule has 190 valence electrons. The van der Waals surface area contributed by atoms with Gasteiger partial charge in [-0.3, -0.25) is 0 Å². The Labute approximate surface area is 208 Å². The van der Waals surface area contributed by atoms with Gasteiger partial charge in [-0.1, -0.05) is 19.6 Å². The van der Waals surface area contributed by atoms with Gasteiger partial charge in [-0.25, -0.2) is 9.67 Å². The second-order valence-corrected chi connectivity index (χ2v) is 16.6. The molecule has 35 heavy (non-hydrogen) atoms. The van der Waals surface area contributed by atoms with E-state index in [9.17, 15) is 5.11 Å². The highest BCUT2D eigenvalue weighted by Crippen LogP contribution is 2.32. The summed E-state index contributed by atoms with van der Waals surface area (Å²) in [5, 5.41) is 16.0. The Morgan fingerprint density at radius 3 is 2.60 bits per heavy atom. The van der Waals surface area contributed by atoms with E-state index in [2.05, 4.69) is 35.6 Å². The Bertz CT molecular complexity index is 1130. The van der Waals surface area contributed by atoms with E-state index in [1.54, 1.807) is 13.8 Å². The predicted molar refractivity (Wildman–Crippen MR) is 142 cm³/mol. The maximum Gasteiger partial charge on any atom is 0.140 e. The Morgan fingerprint density at radius 1 is 1.11 bits per heavy atom. The van der Waals surface area contributed by atoms with Crippen molar-refractivity contribution in [2.75, 3.05) is 44.4 Å². The molecule has 9 heteroatoms. The minimum atomic E-state index is -1.16. The van der Waals surface area contributed by atoms with Gasteiger partial charge in [-0.05, 0) is 50.2 Å². The van der Waals surface area contributed by atoms with Gasteiger partial charge >= 0.3 is 0 Å². The van der Waals surface area contributed by atoms with Gasteiger partial charge < -0.3 is 24.2 Å². The number of ether oxygens (including phenoxy) is 3. The molecule has 1 aliphatic heterocycles. The number of morpholine rings is 1. The van der Waals surface area contributed by atoms with Gasteiger partial charge in [-0.2, -0.15) is 5.10 Å². The maximum atomic E-state index is 10.1. The van der Waals surface area contributed by atoms with Crippen molar-refractivity contribution in [3.8, 4) is 17.0 Å². The molecule has 1 N–H and O–H groups in total. The van der Waals surface area contributed by atoms with E-state index < -0.39 is 13.7 Å². The minimum Gasteiger partial charge on any atom is -0.491 e. The zero-order chi connectivity index (χ0) is 25.1. The second-order valence-electron chi connectivity index (χ2n) is 11.0. The van der Waals surface area contributed by atoms with Crippen LogP contribution in [0, 0.1) is 0 Å². The minimum absolute atomic E-state index is 0.207. The van der Waals surface area contributed by atoms with Crippen LogP contribution in [0.3, 0.4) is 0 Å². The molecule has 0 aliphatic carbocycles. The van der Waals surface area contributed by atoms with Crippen LogP contribution in [0.25, 0.3) is 22.2 Å². The first-order chi connectivity index (χ1) is 16.6.